The van der Waals surface area contributed by atoms with Gasteiger partial charge in [0, 0.05) is 32.1 Å². The van der Waals surface area contributed by atoms with E-state index < -0.39 is 0 Å². The molecule has 0 heterocycles. The van der Waals surface area contributed by atoms with Crippen molar-refractivity contribution in [1.29, 1.82) is 0 Å². The summed E-state index contributed by atoms with van der Waals surface area (Å²) in [6, 6.07) is 17.6. The number of benzene rings is 2. The van der Waals surface area contributed by atoms with Gasteiger partial charge in [0.05, 0.1) is 0 Å². The van der Waals surface area contributed by atoms with E-state index >= 15 is 0 Å². The van der Waals surface area contributed by atoms with E-state index in [-0.39, 0.29) is 18.2 Å². The third kappa shape index (κ3) is 5.75. The number of para-hydroxylation sites is 1. The second-order valence-corrected chi connectivity index (χ2v) is 6.47. The van der Waals surface area contributed by atoms with Crippen LogP contribution in [0, 0.1) is 0 Å². The van der Waals surface area contributed by atoms with Gasteiger partial charge < -0.3 is 10.2 Å². The first-order chi connectivity index (χ1) is 12.0. The summed E-state index contributed by atoms with van der Waals surface area (Å²) in [5.74, 6) is 0.231. The molecular formula is C21H26N2O2. The average molecular weight is 338 g/mol. The van der Waals surface area contributed by atoms with Crippen LogP contribution in [-0.2, 0) is 16.1 Å². The van der Waals surface area contributed by atoms with Crippen molar-refractivity contribution in [2.75, 3.05) is 11.9 Å². The highest BCUT2D eigenvalue weighted by atomic mass is 16.2. The lowest BCUT2D eigenvalue weighted by Crippen LogP contribution is -2.31. The quantitative estimate of drug-likeness (QED) is 0.823. The Balaban J connectivity index is 1.94. The second-order valence-electron chi connectivity index (χ2n) is 6.47. The normalized spacial score (nSPS) is 10.6. The summed E-state index contributed by atoms with van der Waals surface area (Å²) >= 11 is 0. The van der Waals surface area contributed by atoms with Crippen LogP contribution in [0.2, 0.25) is 0 Å². The van der Waals surface area contributed by atoms with Gasteiger partial charge in [0.1, 0.15) is 0 Å². The molecule has 4 nitrogen and oxygen atoms in total. The number of hydrogen-bond acceptors (Lipinski definition) is 2. The minimum absolute atomic E-state index is 0.0285. The molecule has 2 aromatic carbocycles. The van der Waals surface area contributed by atoms with Gasteiger partial charge in [-0.1, -0.05) is 62.4 Å². The zero-order valence-corrected chi connectivity index (χ0v) is 15.2. The van der Waals surface area contributed by atoms with E-state index in [0.717, 1.165) is 16.8 Å². The van der Waals surface area contributed by atoms with Crippen molar-refractivity contribution in [2.45, 2.75) is 39.7 Å². The molecule has 0 aliphatic rings. The van der Waals surface area contributed by atoms with Crippen molar-refractivity contribution in [2.24, 2.45) is 0 Å². The number of carbonyl (C=O) groups excluding carboxylic acids is 2. The number of hydrogen-bond donors (Lipinski definition) is 1. The topological polar surface area (TPSA) is 49.4 Å². The van der Waals surface area contributed by atoms with Crippen molar-refractivity contribution in [3.8, 4) is 0 Å². The minimum atomic E-state index is -0.0765. The molecule has 0 saturated carbocycles. The van der Waals surface area contributed by atoms with E-state index in [4.69, 9.17) is 0 Å². The first kappa shape index (κ1) is 18.7. The summed E-state index contributed by atoms with van der Waals surface area (Å²) in [6.07, 6.45) is 0.277. The smallest absolute Gasteiger partial charge is 0.226 e. The fourth-order valence-corrected chi connectivity index (χ4v) is 2.72. The molecule has 4 heteroatoms. The Morgan fingerprint density at radius 3 is 2.28 bits per heavy atom. The molecule has 0 atom stereocenters. The third-order valence-electron chi connectivity index (χ3n) is 4.13. The molecule has 2 amide bonds. The highest BCUT2D eigenvalue weighted by molar-refractivity contribution is 5.92. The fourth-order valence-electron chi connectivity index (χ4n) is 2.72. The first-order valence-electron chi connectivity index (χ1n) is 8.65. The summed E-state index contributed by atoms with van der Waals surface area (Å²) in [5.41, 5.74) is 3.02. The van der Waals surface area contributed by atoms with Gasteiger partial charge in [-0.05, 0) is 23.1 Å². The first-order valence-corrected chi connectivity index (χ1v) is 8.65. The average Bonchev–Trinajstić information content (AvgIpc) is 2.59. The molecule has 0 saturated heterocycles. The fraction of sp³-hybridized carbons (Fsp3) is 0.333. The number of amides is 2. The highest BCUT2D eigenvalue weighted by Gasteiger charge is 2.13. The van der Waals surface area contributed by atoms with Gasteiger partial charge in [0.15, 0.2) is 0 Å². The lowest BCUT2D eigenvalue weighted by atomic mass is 10.0. The second kappa shape index (κ2) is 9.02. The van der Waals surface area contributed by atoms with Crippen LogP contribution in [0.1, 0.15) is 44.2 Å². The van der Waals surface area contributed by atoms with Crippen LogP contribution < -0.4 is 5.32 Å². The van der Waals surface area contributed by atoms with Gasteiger partial charge in [0.2, 0.25) is 11.8 Å². The van der Waals surface area contributed by atoms with Crippen molar-refractivity contribution in [3.05, 3.63) is 65.7 Å². The molecule has 25 heavy (non-hydrogen) atoms. The van der Waals surface area contributed by atoms with Gasteiger partial charge >= 0.3 is 0 Å². The number of nitrogens with zero attached hydrogens (tertiary/aromatic N) is 1. The van der Waals surface area contributed by atoms with E-state index in [1.165, 1.54) is 6.92 Å². The number of rotatable bonds is 7. The zero-order chi connectivity index (χ0) is 18.2. The summed E-state index contributed by atoms with van der Waals surface area (Å²) in [4.78, 5) is 25.9. The Hall–Kier alpha value is -2.62. The SMILES string of the molecule is CC(=O)N(CCC(=O)Nc1ccccc1C(C)C)Cc1ccccc1. The van der Waals surface area contributed by atoms with Gasteiger partial charge in [0.25, 0.3) is 0 Å². The maximum atomic E-state index is 12.3. The number of carbonyl (C=O) groups is 2. The maximum absolute atomic E-state index is 12.3. The Morgan fingerprint density at radius 1 is 1.00 bits per heavy atom. The molecule has 132 valence electrons. The summed E-state index contributed by atoms with van der Waals surface area (Å²) in [5, 5.41) is 2.97. The zero-order valence-electron chi connectivity index (χ0n) is 15.2. The lowest BCUT2D eigenvalue weighted by molar-refractivity contribution is -0.129. The van der Waals surface area contributed by atoms with Crippen LogP contribution in [0.4, 0.5) is 5.69 Å². The van der Waals surface area contributed by atoms with Crippen LogP contribution in [0.15, 0.2) is 54.6 Å². The molecule has 0 spiro atoms. The largest absolute Gasteiger partial charge is 0.338 e. The van der Waals surface area contributed by atoms with E-state index in [1.807, 2.05) is 54.6 Å². The minimum Gasteiger partial charge on any atom is -0.338 e. The third-order valence-corrected chi connectivity index (χ3v) is 4.13. The Bertz CT molecular complexity index is 711. The Labute approximate surface area is 149 Å². The number of anilines is 1. The summed E-state index contributed by atoms with van der Waals surface area (Å²) < 4.78 is 0. The maximum Gasteiger partial charge on any atom is 0.226 e. The van der Waals surface area contributed by atoms with Crippen molar-refractivity contribution < 1.29 is 9.59 Å². The summed E-state index contributed by atoms with van der Waals surface area (Å²) in [6.45, 7) is 6.66. The van der Waals surface area contributed by atoms with E-state index in [9.17, 15) is 9.59 Å². The van der Waals surface area contributed by atoms with Crippen LogP contribution in [-0.4, -0.2) is 23.3 Å². The molecule has 0 unspecified atom stereocenters. The molecule has 0 aliphatic carbocycles. The molecule has 0 aromatic heterocycles. The van der Waals surface area contributed by atoms with Crippen LogP contribution >= 0.6 is 0 Å². The highest BCUT2D eigenvalue weighted by Crippen LogP contribution is 2.23. The lowest BCUT2D eigenvalue weighted by Gasteiger charge is -2.21. The van der Waals surface area contributed by atoms with E-state index in [2.05, 4.69) is 19.2 Å². The molecular weight excluding hydrogens is 312 g/mol. The molecule has 2 aromatic rings. The van der Waals surface area contributed by atoms with Gasteiger partial charge in [-0.25, -0.2) is 0 Å². The van der Waals surface area contributed by atoms with Gasteiger partial charge in [-0.2, -0.15) is 0 Å². The summed E-state index contributed by atoms with van der Waals surface area (Å²) in [7, 11) is 0. The van der Waals surface area contributed by atoms with Crippen molar-refractivity contribution in [3.63, 3.8) is 0 Å². The molecule has 0 bridgehead atoms. The monoisotopic (exact) mass is 338 g/mol. The van der Waals surface area contributed by atoms with Crippen molar-refractivity contribution in [1.82, 2.24) is 4.90 Å². The van der Waals surface area contributed by atoms with Crippen LogP contribution in [0.3, 0.4) is 0 Å². The Kier molecular flexibility index (Phi) is 6.75. The van der Waals surface area contributed by atoms with Gasteiger partial charge in [-0.15, -0.1) is 0 Å². The van der Waals surface area contributed by atoms with Crippen LogP contribution in [0.25, 0.3) is 0 Å². The van der Waals surface area contributed by atoms with Crippen LogP contribution in [0.5, 0.6) is 0 Å². The Morgan fingerprint density at radius 2 is 1.64 bits per heavy atom. The molecule has 0 radical (unpaired) electrons. The molecule has 0 aliphatic heterocycles. The van der Waals surface area contributed by atoms with Gasteiger partial charge in [-0.3, -0.25) is 9.59 Å². The molecule has 2 rings (SSSR count). The predicted octanol–water partition coefficient (Wildman–Crippen LogP) is 4.19. The van der Waals surface area contributed by atoms with E-state index in [0.29, 0.717) is 19.0 Å². The van der Waals surface area contributed by atoms with Crippen molar-refractivity contribution >= 4 is 17.5 Å². The molecule has 0 fully saturated rings. The predicted molar refractivity (Wildman–Crippen MR) is 101 cm³/mol. The number of nitrogens with one attached hydrogen (secondary N) is 1. The standard InChI is InChI=1S/C21H26N2O2/c1-16(2)19-11-7-8-12-20(19)22-21(25)13-14-23(17(3)24)15-18-9-5-4-6-10-18/h4-12,16H,13-15H2,1-3H3,(H,22,25). The molecule has 1 N–H and O–H groups in total. The van der Waals surface area contributed by atoms with E-state index in [1.54, 1.807) is 4.90 Å².